The molecule has 0 saturated carbocycles. The molecule has 0 radical (unpaired) electrons. The summed E-state index contributed by atoms with van der Waals surface area (Å²) in [7, 11) is 0. The van der Waals surface area contributed by atoms with Crippen LogP contribution in [-0.4, -0.2) is 19.0 Å². The lowest BCUT2D eigenvalue weighted by Crippen LogP contribution is -2.41. The number of ketones is 1. The van der Waals surface area contributed by atoms with Crippen LogP contribution in [0.5, 0.6) is 0 Å². The van der Waals surface area contributed by atoms with Crippen molar-refractivity contribution in [2.45, 2.75) is 52.4 Å². The van der Waals surface area contributed by atoms with Gasteiger partial charge in [-0.15, -0.1) is 0 Å². The molecule has 0 amide bonds. The summed E-state index contributed by atoms with van der Waals surface area (Å²) >= 11 is 3.57. The fourth-order valence-corrected chi connectivity index (χ4v) is 3.25. The van der Waals surface area contributed by atoms with Gasteiger partial charge < -0.3 is 4.74 Å². The molecule has 1 aromatic carbocycles. The minimum atomic E-state index is -0.332. The lowest BCUT2D eigenvalue weighted by atomic mass is 9.69. The quantitative estimate of drug-likeness (QED) is 0.789. The summed E-state index contributed by atoms with van der Waals surface area (Å²) in [6, 6.07) is 6.15. The van der Waals surface area contributed by atoms with Gasteiger partial charge in [-0.25, -0.2) is 0 Å². The summed E-state index contributed by atoms with van der Waals surface area (Å²) in [5.74, 6) is 0.340. The largest absolute Gasteiger partial charge is 0.381 e. The van der Waals surface area contributed by atoms with Gasteiger partial charge in [0.05, 0.1) is 5.41 Å². The van der Waals surface area contributed by atoms with E-state index in [4.69, 9.17) is 4.74 Å². The predicted molar refractivity (Wildman–Crippen MR) is 87.3 cm³/mol. The number of halogens is 1. The molecular weight excluding hydrogens is 316 g/mol. The van der Waals surface area contributed by atoms with E-state index < -0.39 is 0 Å². The average Bonchev–Trinajstić information content (AvgIpc) is 2.52. The monoisotopic (exact) mass is 340 g/mol. The Hall–Kier alpha value is -0.670. The van der Waals surface area contributed by atoms with Crippen LogP contribution in [0, 0.1) is 6.92 Å². The summed E-state index contributed by atoms with van der Waals surface area (Å²) in [6.07, 6.45) is 2.19. The highest BCUT2D eigenvalue weighted by Crippen LogP contribution is 2.40. The molecule has 0 unspecified atom stereocenters. The van der Waals surface area contributed by atoms with E-state index in [9.17, 15) is 4.79 Å². The molecular formula is C17H25BrO2. The van der Waals surface area contributed by atoms with Gasteiger partial charge in [-0.1, -0.05) is 48.8 Å². The van der Waals surface area contributed by atoms with E-state index in [2.05, 4.69) is 28.9 Å². The van der Waals surface area contributed by atoms with Crippen molar-refractivity contribution in [2.75, 3.05) is 13.2 Å². The van der Waals surface area contributed by atoms with Gasteiger partial charge >= 0.3 is 0 Å². The van der Waals surface area contributed by atoms with E-state index in [1.165, 1.54) is 11.1 Å². The lowest BCUT2D eigenvalue weighted by Gasteiger charge is -2.37. The van der Waals surface area contributed by atoms with Crippen molar-refractivity contribution in [3.8, 4) is 0 Å². The molecule has 3 heteroatoms. The number of hydrogen-bond donors (Lipinski definition) is 0. The van der Waals surface area contributed by atoms with Crippen molar-refractivity contribution in [3.05, 3.63) is 33.8 Å². The van der Waals surface area contributed by atoms with E-state index in [1.807, 2.05) is 32.9 Å². The van der Waals surface area contributed by atoms with Gasteiger partial charge in [0.1, 0.15) is 5.78 Å². The molecule has 1 aromatic rings. The minimum absolute atomic E-state index is 0.332. The number of benzene rings is 1. The first-order valence-corrected chi connectivity index (χ1v) is 8.28. The molecule has 112 valence electrons. The zero-order valence-corrected chi connectivity index (χ0v) is 14.5. The maximum atomic E-state index is 12.5. The third kappa shape index (κ3) is 3.32. The van der Waals surface area contributed by atoms with Crippen LogP contribution in [0.3, 0.4) is 0 Å². The van der Waals surface area contributed by atoms with Gasteiger partial charge in [-0.3, -0.25) is 4.79 Å². The SMILES string of the molecule is CC.CCC(=O)C1(c2cccc(Br)c2C)CCOCC1. The number of rotatable bonds is 3. The topological polar surface area (TPSA) is 26.3 Å². The molecule has 20 heavy (non-hydrogen) atoms. The normalized spacial score (nSPS) is 17.1. The molecule has 0 bridgehead atoms. The van der Waals surface area contributed by atoms with Crippen molar-refractivity contribution in [2.24, 2.45) is 0 Å². The second kappa shape index (κ2) is 7.94. The first-order valence-electron chi connectivity index (χ1n) is 7.48. The van der Waals surface area contributed by atoms with Gasteiger partial charge in [0.2, 0.25) is 0 Å². The zero-order chi connectivity index (χ0) is 15.2. The molecule has 0 atom stereocenters. The second-order valence-electron chi connectivity index (χ2n) is 4.88. The zero-order valence-electron chi connectivity index (χ0n) is 13.0. The molecule has 1 aliphatic heterocycles. The maximum Gasteiger partial charge on any atom is 0.143 e. The molecule has 1 aliphatic rings. The number of ether oxygens (including phenoxy) is 1. The Bertz CT molecular complexity index is 448. The molecule has 0 aromatic heterocycles. The van der Waals surface area contributed by atoms with Gasteiger partial charge in [-0.05, 0) is 37.0 Å². The van der Waals surface area contributed by atoms with Crippen molar-refractivity contribution in [3.63, 3.8) is 0 Å². The van der Waals surface area contributed by atoms with Gasteiger partial charge in [0, 0.05) is 24.1 Å². The molecule has 1 heterocycles. The first-order chi connectivity index (χ1) is 9.62. The minimum Gasteiger partial charge on any atom is -0.381 e. The van der Waals surface area contributed by atoms with Crippen LogP contribution in [0.2, 0.25) is 0 Å². The summed E-state index contributed by atoms with van der Waals surface area (Å²) in [4.78, 5) is 12.5. The highest BCUT2D eigenvalue weighted by molar-refractivity contribution is 9.10. The molecule has 2 nitrogen and oxygen atoms in total. The lowest BCUT2D eigenvalue weighted by molar-refractivity contribution is -0.128. The van der Waals surface area contributed by atoms with Gasteiger partial charge in [0.25, 0.3) is 0 Å². The first kappa shape index (κ1) is 17.4. The number of hydrogen-bond acceptors (Lipinski definition) is 2. The van der Waals surface area contributed by atoms with Gasteiger partial charge in [0.15, 0.2) is 0 Å². The van der Waals surface area contributed by atoms with Crippen LogP contribution in [0.25, 0.3) is 0 Å². The highest BCUT2D eigenvalue weighted by Gasteiger charge is 2.41. The predicted octanol–water partition coefficient (Wildman–Crippen LogP) is 4.81. The van der Waals surface area contributed by atoms with Crippen LogP contribution in [0.1, 0.15) is 51.2 Å². The molecule has 1 saturated heterocycles. The second-order valence-corrected chi connectivity index (χ2v) is 5.74. The maximum absolute atomic E-state index is 12.5. The van der Waals surface area contributed by atoms with Crippen molar-refractivity contribution < 1.29 is 9.53 Å². The smallest absolute Gasteiger partial charge is 0.143 e. The Kier molecular flexibility index (Phi) is 6.90. The molecule has 2 rings (SSSR count). The van der Waals surface area contributed by atoms with Crippen molar-refractivity contribution >= 4 is 21.7 Å². The van der Waals surface area contributed by atoms with E-state index >= 15 is 0 Å². The van der Waals surface area contributed by atoms with Crippen LogP contribution < -0.4 is 0 Å². The summed E-state index contributed by atoms with van der Waals surface area (Å²) in [5, 5.41) is 0. The average molecular weight is 341 g/mol. The highest BCUT2D eigenvalue weighted by atomic mass is 79.9. The van der Waals surface area contributed by atoms with Crippen LogP contribution in [0.15, 0.2) is 22.7 Å². The Labute approximate surface area is 131 Å². The molecule has 1 fully saturated rings. The Morgan fingerprint density at radius 3 is 2.45 bits per heavy atom. The number of Topliss-reactive ketones (excluding diaryl/α,β-unsaturated/α-hetero) is 1. The van der Waals surface area contributed by atoms with E-state index in [1.54, 1.807) is 0 Å². The Balaban J connectivity index is 0.000000956. The Morgan fingerprint density at radius 2 is 1.90 bits per heavy atom. The standard InChI is InChI=1S/C15H19BrO2.C2H6/c1-3-14(17)15(7-9-18-10-8-15)12-5-4-6-13(16)11(12)2;1-2/h4-6H,3,7-10H2,1-2H3;1-2H3. The fourth-order valence-electron chi connectivity index (χ4n) is 2.88. The van der Waals surface area contributed by atoms with E-state index in [0.29, 0.717) is 25.4 Å². The van der Waals surface area contributed by atoms with E-state index in [0.717, 1.165) is 17.3 Å². The fraction of sp³-hybridized carbons (Fsp3) is 0.588. The number of carbonyl (C=O) groups excluding carboxylic acids is 1. The van der Waals surface area contributed by atoms with Gasteiger partial charge in [-0.2, -0.15) is 0 Å². The van der Waals surface area contributed by atoms with Crippen molar-refractivity contribution in [1.82, 2.24) is 0 Å². The third-order valence-electron chi connectivity index (χ3n) is 3.98. The third-order valence-corrected chi connectivity index (χ3v) is 4.84. The van der Waals surface area contributed by atoms with Crippen LogP contribution in [-0.2, 0) is 14.9 Å². The molecule has 0 spiro atoms. The Morgan fingerprint density at radius 1 is 1.30 bits per heavy atom. The molecule has 0 aliphatic carbocycles. The van der Waals surface area contributed by atoms with Crippen LogP contribution in [0.4, 0.5) is 0 Å². The van der Waals surface area contributed by atoms with E-state index in [-0.39, 0.29) is 5.41 Å². The summed E-state index contributed by atoms with van der Waals surface area (Å²) < 4.78 is 6.53. The van der Waals surface area contributed by atoms with Crippen molar-refractivity contribution in [1.29, 1.82) is 0 Å². The van der Waals surface area contributed by atoms with Crippen LogP contribution >= 0.6 is 15.9 Å². The summed E-state index contributed by atoms with van der Waals surface area (Å²) in [6.45, 7) is 9.39. The number of carbonyl (C=O) groups is 1. The molecule has 0 N–H and O–H groups in total. The summed E-state index contributed by atoms with van der Waals surface area (Å²) in [5.41, 5.74) is 2.02.